The summed E-state index contributed by atoms with van der Waals surface area (Å²) in [5.74, 6) is 5.38. The van der Waals surface area contributed by atoms with Crippen molar-refractivity contribution in [1.29, 1.82) is 0 Å². The van der Waals surface area contributed by atoms with Gasteiger partial charge in [0, 0.05) is 12.6 Å². The topological polar surface area (TPSA) is 125 Å². The Balaban J connectivity index is 1.44. The molecule has 2 heterocycles. The number of carbonyl (C=O) groups is 2. The van der Waals surface area contributed by atoms with Crippen molar-refractivity contribution in [2.24, 2.45) is 15.2 Å². The van der Waals surface area contributed by atoms with Gasteiger partial charge in [0.15, 0.2) is 0 Å². The first kappa shape index (κ1) is 22.9. The van der Waals surface area contributed by atoms with Crippen molar-refractivity contribution in [3.05, 3.63) is 54.1 Å². The third-order valence-electron chi connectivity index (χ3n) is 4.84. The molecule has 2 aromatic carbocycles. The van der Waals surface area contributed by atoms with E-state index >= 15 is 0 Å². The number of amides is 2. The number of anilines is 1. The minimum Gasteiger partial charge on any atom is -0.489 e. The molecule has 4 rings (SSSR count). The van der Waals surface area contributed by atoms with Gasteiger partial charge in [-0.1, -0.05) is 30.0 Å². The highest BCUT2D eigenvalue weighted by molar-refractivity contribution is 6.38. The van der Waals surface area contributed by atoms with Crippen LogP contribution in [0.2, 0.25) is 0 Å². The molecule has 0 radical (unpaired) electrons. The number of aliphatic hydroxyl groups is 1. The second-order valence-corrected chi connectivity index (χ2v) is 8.15. The Bertz CT molecular complexity index is 1220. The molecule has 2 atom stereocenters. The van der Waals surface area contributed by atoms with Crippen molar-refractivity contribution >= 4 is 23.3 Å². The molecule has 0 aromatic heterocycles. The van der Waals surface area contributed by atoms with Crippen molar-refractivity contribution in [3.8, 4) is 23.3 Å². The zero-order chi connectivity index (χ0) is 24.3. The molecule has 2 aliphatic rings. The third-order valence-corrected chi connectivity index (χ3v) is 4.84. The summed E-state index contributed by atoms with van der Waals surface area (Å²) < 4.78 is 11.3. The van der Waals surface area contributed by atoms with Gasteiger partial charge in [0.05, 0.1) is 5.69 Å². The van der Waals surface area contributed by atoms with Gasteiger partial charge in [-0.3, -0.25) is 9.59 Å². The summed E-state index contributed by atoms with van der Waals surface area (Å²) >= 11 is 0. The number of benzene rings is 2. The van der Waals surface area contributed by atoms with Gasteiger partial charge >= 0.3 is 6.35 Å². The van der Waals surface area contributed by atoms with Crippen molar-refractivity contribution < 1.29 is 24.2 Å². The molecule has 0 saturated carbocycles. The molecule has 10 nitrogen and oxygen atoms in total. The summed E-state index contributed by atoms with van der Waals surface area (Å²) in [4.78, 5) is 31.1. The molecular formula is C24H23N5O5. The third kappa shape index (κ3) is 5.39. The van der Waals surface area contributed by atoms with Crippen LogP contribution in [0.4, 0.5) is 5.69 Å². The lowest BCUT2D eigenvalue weighted by Gasteiger charge is -2.20. The van der Waals surface area contributed by atoms with Gasteiger partial charge in [0.2, 0.25) is 5.84 Å². The Morgan fingerprint density at radius 1 is 1.26 bits per heavy atom. The predicted octanol–water partition coefficient (Wildman–Crippen LogP) is 1.88. The lowest BCUT2D eigenvalue weighted by molar-refractivity contribution is -0.124. The molecule has 0 bridgehead atoms. The quantitative estimate of drug-likeness (QED) is 0.673. The number of hydrogen-bond donors (Lipinski definition) is 2. The van der Waals surface area contributed by atoms with Gasteiger partial charge in [-0.15, -0.1) is 10.2 Å². The standard InChI is InChI=1S/C24H23N5O5/c1-24(2,32)12-11-15-9-10-19-18(13-15)29(3)22(31)17(14-33-19)25-21(30)20-26-23(28-27-20)34-16-7-5-4-6-8-16/h4-10,13,17,23,32H,14H2,1-3H3,(H,25,30)/t17-,23?/m0/s1. The van der Waals surface area contributed by atoms with Gasteiger partial charge in [-0.25, -0.2) is 0 Å². The summed E-state index contributed by atoms with van der Waals surface area (Å²) in [5, 5.41) is 20.0. The number of para-hydroxylation sites is 1. The highest BCUT2D eigenvalue weighted by Gasteiger charge is 2.32. The van der Waals surface area contributed by atoms with Gasteiger partial charge in [-0.05, 0) is 44.2 Å². The fourth-order valence-electron chi connectivity index (χ4n) is 3.16. The minimum absolute atomic E-state index is 0.0784. The average Bonchev–Trinajstić information content (AvgIpc) is 3.24. The van der Waals surface area contributed by atoms with Crippen LogP contribution in [0, 0.1) is 11.8 Å². The van der Waals surface area contributed by atoms with E-state index in [-0.39, 0.29) is 18.3 Å². The Hall–Kier alpha value is -4.23. The normalized spacial score (nSPS) is 19.2. The van der Waals surface area contributed by atoms with Crippen LogP contribution in [0.1, 0.15) is 19.4 Å². The Labute approximate surface area is 196 Å². The van der Waals surface area contributed by atoms with E-state index in [1.165, 1.54) is 4.90 Å². The molecule has 2 N–H and O–H groups in total. The van der Waals surface area contributed by atoms with E-state index in [4.69, 9.17) is 9.47 Å². The number of likely N-dealkylation sites (N-methyl/N-ethyl adjacent to an activating group) is 1. The molecule has 2 aromatic rings. The number of ether oxygens (including phenoxy) is 2. The second-order valence-electron chi connectivity index (χ2n) is 8.15. The van der Waals surface area contributed by atoms with Crippen LogP contribution in [0.25, 0.3) is 0 Å². The largest absolute Gasteiger partial charge is 0.489 e. The monoisotopic (exact) mass is 461 g/mol. The molecule has 0 fully saturated rings. The van der Waals surface area contributed by atoms with Crippen LogP contribution in [0.5, 0.6) is 11.5 Å². The maximum atomic E-state index is 13.0. The molecule has 2 amide bonds. The van der Waals surface area contributed by atoms with E-state index in [1.807, 2.05) is 6.07 Å². The number of nitrogens with one attached hydrogen (secondary N) is 1. The maximum absolute atomic E-state index is 13.0. The van der Waals surface area contributed by atoms with Crippen molar-refractivity contribution in [2.75, 3.05) is 18.6 Å². The van der Waals surface area contributed by atoms with Crippen molar-refractivity contribution in [3.63, 3.8) is 0 Å². The number of nitrogens with zero attached hydrogens (tertiary/aromatic N) is 4. The fourth-order valence-corrected chi connectivity index (χ4v) is 3.16. The number of amidine groups is 1. The molecule has 34 heavy (non-hydrogen) atoms. The summed E-state index contributed by atoms with van der Waals surface area (Å²) in [7, 11) is 1.58. The van der Waals surface area contributed by atoms with E-state index in [0.29, 0.717) is 22.7 Å². The Morgan fingerprint density at radius 2 is 2.03 bits per heavy atom. The molecular weight excluding hydrogens is 438 g/mol. The minimum atomic E-state index is -1.15. The number of azo groups is 1. The predicted molar refractivity (Wildman–Crippen MR) is 124 cm³/mol. The van der Waals surface area contributed by atoms with E-state index in [0.717, 1.165) is 0 Å². The van der Waals surface area contributed by atoms with Crippen molar-refractivity contribution in [2.45, 2.75) is 31.8 Å². The Kier molecular flexibility index (Phi) is 6.30. The molecule has 2 aliphatic heterocycles. The molecule has 174 valence electrons. The number of rotatable bonds is 4. The lowest BCUT2D eigenvalue weighted by Crippen LogP contribution is -2.50. The Morgan fingerprint density at radius 3 is 2.76 bits per heavy atom. The van der Waals surface area contributed by atoms with Gasteiger partial charge < -0.3 is 24.8 Å². The van der Waals surface area contributed by atoms with E-state index in [9.17, 15) is 14.7 Å². The number of carbonyl (C=O) groups excluding carboxylic acids is 2. The van der Waals surface area contributed by atoms with Crippen LogP contribution in [-0.4, -0.2) is 54.4 Å². The lowest BCUT2D eigenvalue weighted by atomic mass is 10.1. The van der Waals surface area contributed by atoms with Crippen LogP contribution in [-0.2, 0) is 9.59 Å². The number of fused-ring (bicyclic) bond motifs is 1. The fraction of sp³-hybridized carbons (Fsp3) is 0.292. The molecule has 10 heteroatoms. The highest BCUT2D eigenvalue weighted by Crippen LogP contribution is 2.31. The molecule has 0 spiro atoms. The smallest absolute Gasteiger partial charge is 0.308 e. The van der Waals surface area contributed by atoms with Gasteiger partial charge in [0.1, 0.15) is 29.7 Å². The SMILES string of the molecule is CN1C(=O)[C@@H](NC(=O)C2=NC(Oc3ccccc3)N=N2)COc2ccc(C#CC(C)(C)O)cc21. The first-order chi connectivity index (χ1) is 16.2. The summed E-state index contributed by atoms with van der Waals surface area (Å²) in [6.45, 7) is 3.09. The van der Waals surface area contributed by atoms with E-state index in [2.05, 4.69) is 32.4 Å². The van der Waals surface area contributed by atoms with E-state index < -0.39 is 23.9 Å². The number of aliphatic imine (C=N–C) groups is 1. The molecule has 0 saturated heterocycles. The average molecular weight is 461 g/mol. The number of hydrogen-bond acceptors (Lipinski definition) is 8. The summed E-state index contributed by atoms with van der Waals surface area (Å²) in [5.41, 5.74) is -0.0402. The first-order valence-corrected chi connectivity index (χ1v) is 10.5. The zero-order valence-electron chi connectivity index (χ0n) is 18.8. The zero-order valence-corrected chi connectivity index (χ0v) is 18.8. The van der Waals surface area contributed by atoms with Crippen LogP contribution >= 0.6 is 0 Å². The van der Waals surface area contributed by atoms with Crippen molar-refractivity contribution in [1.82, 2.24) is 5.32 Å². The summed E-state index contributed by atoms with van der Waals surface area (Å²) in [6.07, 6.45) is -0.973. The first-order valence-electron chi connectivity index (χ1n) is 10.5. The maximum Gasteiger partial charge on any atom is 0.308 e. The van der Waals surface area contributed by atoms with Crippen LogP contribution in [0.3, 0.4) is 0 Å². The molecule has 1 unspecified atom stereocenters. The highest BCUT2D eigenvalue weighted by atomic mass is 16.5. The van der Waals surface area contributed by atoms with Crippen LogP contribution < -0.4 is 19.7 Å². The second kappa shape index (κ2) is 9.33. The van der Waals surface area contributed by atoms with E-state index in [1.54, 1.807) is 63.4 Å². The van der Waals surface area contributed by atoms with Gasteiger partial charge in [-0.2, -0.15) is 4.99 Å². The summed E-state index contributed by atoms with van der Waals surface area (Å²) in [6, 6.07) is 13.1. The van der Waals surface area contributed by atoms with Crippen LogP contribution in [0.15, 0.2) is 63.8 Å². The molecule has 0 aliphatic carbocycles. The van der Waals surface area contributed by atoms with Gasteiger partial charge in [0.25, 0.3) is 11.8 Å².